The first-order valence-corrected chi connectivity index (χ1v) is 7.04. The molecule has 0 amide bonds. The molecule has 1 aromatic heterocycles. The minimum Gasteiger partial charge on any atom is -0.550 e. The predicted molar refractivity (Wildman–Crippen MR) is 82.7 cm³/mol. The maximum atomic E-state index is 10.7. The second-order valence-corrected chi connectivity index (χ2v) is 6.09. The Kier molecular flexibility index (Phi) is 8.27. The maximum absolute atomic E-state index is 10.7. The number of likely N-dealkylation sites (N-methyl/N-ethyl adjacent to an activating group) is 1. The lowest BCUT2D eigenvalue weighted by Crippen LogP contribution is -2.45. The number of carbonyl (C=O) groups is 3. The van der Waals surface area contributed by atoms with Crippen LogP contribution in [0.25, 0.3) is 0 Å². The number of aliphatic carboxylic acids is 1. The van der Waals surface area contributed by atoms with E-state index in [1.165, 1.54) is 6.92 Å². The van der Waals surface area contributed by atoms with Gasteiger partial charge >= 0.3 is 17.6 Å². The second kappa shape index (κ2) is 9.37. The van der Waals surface area contributed by atoms with Crippen LogP contribution < -0.4 is 16.4 Å². The summed E-state index contributed by atoms with van der Waals surface area (Å²) >= 11 is 0. The predicted octanol–water partition coefficient (Wildman–Crippen LogP) is -2.47. The molecule has 0 aliphatic rings. The Balaban J connectivity index is 0.000000472. The minimum atomic E-state index is -1.34. The van der Waals surface area contributed by atoms with E-state index in [1.54, 1.807) is 0 Å². The molecule has 1 heterocycles. The highest BCUT2D eigenvalue weighted by Gasteiger charge is 2.20. The summed E-state index contributed by atoms with van der Waals surface area (Å²) in [5.41, 5.74) is -1.97. The van der Waals surface area contributed by atoms with Crippen LogP contribution in [0.2, 0.25) is 0 Å². The summed E-state index contributed by atoms with van der Waals surface area (Å²) in [7, 11) is 5.68. The zero-order chi connectivity index (χ0) is 19.8. The highest BCUT2D eigenvalue weighted by molar-refractivity contribution is 5.84. The molecule has 0 saturated heterocycles. The van der Waals surface area contributed by atoms with Gasteiger partial charge in [0.15, 0.2) is 6.10 Å². The number of ether oxygens (including phenoxy) is 1. The van der Waals surface area contributed by atoms with Crippen molar-refractivity contribution in [1.29, 1.82) is 0 Å². The molecule has 1 unspecified atom stereocenters. The van der Waals surface area contributed by atoms with Crippen LogP contribution in [0, 0.1) is 0 Å². The lowest BCUT2D eigenvalue weighted by Gasteiger charge is -2.28. The lowest BCUT2D eigenvalue weighted by molar-refractivity contribution is -0.873. The van der Waals surface area contributed by atoms with Gasteiger partial charge in [0.05, 0.1) is 21.1 Å². The molecular formula is C14H21N3O8. The smallest absolute Gasteiger partial charge is 0.352 e. The van der Waals surface area contributed by atoms with Gasteiger partial charge in [0.1, 0.15) is 12.2 Å². The van der Waals surface area contributed by atoms with Crippen molar-refractivity contribution in [3.8, 4) is 0 Å². The van der Waals surface area contributed by atoms with Crippen LogP contribution in [0.5, 0.6) is 0 Å². The van der Waals surface area contributed by atoms with Crippen LogP contribution in [-0.4, -0.2) is 71.3 Å². The van der Waals surface area contributed by atoms with E-state index < -0.39 is 41.0 Å². The quantitative estimate of drug-likeness (QED) is 0.370. The van der Waals surface area contributed by atoms with Crippen molar-refractivity contribution in [3.63, 3.8) is 0 Å². The standard InChI is InChI=1S/C9H17NO4.C5H4N2O4/c1-7(11)14-8(5-9(12)13)6-10(2,3)4;8-3-1-2(4(9)10)6-5(11)7-3/h8H,5-6H2,1-4H3;1H,(H,9,10)(H2,6,7,8,11). The SMILES string of the molecule is CC(=O)OC(CC(=O)[O-])C[N+](C)(C)C.O=C(O)c1cc(=O)[nH]c(=O)[nH]1. The molecule has 11 heteroatoms. The number of quaternary nitrogens is 1. The Hall–Kier alpha value is -2.95. The van der Waals surface area contributed by atoms with Gasteiger partial charge in [-0.3, -0.25) is 14.6 Å². The molecule has 1 atom stereocenters. The monoisotopic (exact) mass is 359 g/mol. The number of carboxylic acids is 2. The first kappa shape index (κ1) is 22.1. The fourth-order valence-corrected chi connectivity index (χ4v) is 1.76. The van der Waals surface area contributed by atoms with Crippen LogP contribution in [0.4, 0.5) is 0 Å². The fourth-order valence-electron chi connectivity index (χ4n) is 1.76. The number of aromatic amines is 2. The third-order valence-corrected chi connectivity index (χ3v) is 2.47. The molecule has 25 heavy (non-hydrogen) atoms. The van der Waals surface area contributed by atoms with Gasteiger partial charge in [0.25, 0.3) is 5.56 Å². The minimum absolute atomic E-state index is 0.255. The summed E-state index contributed by atoms with van der Waals surface area (Å²) in [5.74, 6) is -3.01. The Morgan fingerprint density at radius 2 is 1.80 bits per heavy atom. The average molecular weight is 359 g/mol. The molecule has 1 rings (SSSR count). The van der Waals surface area contributed by atoms with Crippen LogP contribution in [0.1, 0.15) is 23.8 Å². The summed E-state index contributed by atoms with van der Waals surface area (Å²) in [6, 6.07) is 0.795. The third kappa shape index (κ3) is 11.3. The molecule has 0 spiro atoms. The van der Waals surface area contributed by atoms with E-state index >= 15 is 0 Å². The molecule has 0 aliphatic heterocycles. The van der Waals surface area contributed by atoms with E-state index in [-0.39, 0.29) is 6.42 Å². The number of carboxylic acid groups (broad SMARTS) is 2. The van der Waals surface area contributed by atoms with Crippen molar-refractivity contribution < 1.29 is 33.8 Å². The molecule has 0 aromatic carbocycles. The first-order chi connectivity index (χ1) is 11.3. The normalized spacial score (nSPS) is 11.7. The van der Waals surface area contributed by atoms with Gasteiger partial charge in [-0.05, 0) is 0 Å². The summed E-state index contributed by atoms with van der Waals surface area (Å²) in [6.45, 7) is 1.71. The van der Waals surface area contributed by atoms with E-state index in [0.717, 1.165) is 6.07 Å². The van der Waals surface area contributed by atoms with Crippen LogP contribution in [0.3, 0.4) is 0 Å². The van der Waals surface area contributed by atoms with E-state index in [4.69, 9.17) is 9.84 Å². The van der Waals surface area contributed by atoms with Gasteiger partial charge in [-0.2, -0.15) is 0 Å². The van der Waals surface area contributed by atoms with Crippen molar-refractivity contribution in [2.45, 2.75) is 19.4 Å². The molecule has 0 bridgehead atoms. The van der Waals surface area contributed by atoms with E-state index in [1.807, 2.05) is 31.1 Å². The average Bonchev–Trinajstić information content (AvgIpc) is 2.34. The molecule has 1 aromatic rings. The number of hydrogen-bond donors (Lipinski definition) is 3. The molecule has 0 aliphatic carbocycles. The molecule has 11 nitrogen and oxygen atoms in total. The molecule has 3 N–H and O–H groups in total. The molecule has 0 saturated carbocycles. The van der Waals surface area contributed by atoms with Gasteiger partial charge < -0.3 is 29.2 Å². The van der Waals surface area contributed by atoms with Crippen molar-refractivity contribution >= 4 is 17.9 Å². The van der Waals surface area contributed by atoms with Gasteiger partial charge in [-0.25, -0.2) is 9.59 Å². The van der Waals surface area contributed by atoms with Gasteiger partial charge in [0, 0.05) is 25.4 Å². The fraction of sp³-hybridized carbons (Fsp3) is 0.500. The van der Waals surface area contributed by atoms with Gasteiger partial charge in [-0.15, -0.1) is 0 Å². The summed E-state index contributed by atoms with van der Waals surface area (Å²) in [5, 5.41) is 18.7. The summed E-state index contributed by atoms with van der Waals surface area (Å²) in [6.07, 6.45) is -0.868. The van der Waals surface area contributed by atoms with E-state index in [0.29, 0.717) is 11.0 Å². The van der Waals surface area contributed by atoms with Crippen molar-refractivity contribution in [2.24, 2.45) is 0 Å². The van der Waals surface area contributed by atoms with Crippen molar-refractivity contribution in [3.05, 3.63) is 32.6 Å². The topological polar surface area (TPSA) is 169 Å². The number of hydrogen-bond acceptors (Lipinski definition) is 7. The molecular weight excluding hydrogens is 338 g/mol. The number of nitrogens with zero attached hydrogens (tertiary/aromatic N) is 1. The van der Waals surface area contributed by atoms with Crippen molar-refractivity contribution in [1.82, 2.24) is 9.97 Å². The summed E-state index contributed by atoms with van der Waals surface area (Å²) < 4.78 is 5.39. The number of aromatic nitrogens is 2. The van der Waals surface area contributed by atoms with Crippen molar-refractivity contribution in [2.75, 3.05) is 27.7 Å². The maximum Gasteiger partial charge on any atom is 0.352 e. The lowest BCUT2D eigenvalue weighted by atomic mass is 10.2. The number of aromatic carboxylic acids is 1. The number of rotatable bonds is 6. The van der Waals surface area contributed by atoms with Crippen LogP contribution >= 0.6 is 0 Å². The first-order valence-electron chi connectivity index (χ1n) is 7.04. The largest absolute Gasteiger partial charge is 0.550 e. The van der Waals surface area contributed by atoms with Gasteiger partial charge in [-0.1, -0.05) is 0 Å². The highest BCUT2D eigenvalue weighted by Crippen LogP contribution is 2.04. The van der Waals surface area contributed by atoms with Crippen LogP contribution in [-0.2, 0) is 14.3 Å². The number of H-pyrrole nitrogens is 2. The zero-order valence-electron chi connectivity index (χ0n) is 14.3. The number of carbonyl (C=O) groups excluding carboxylic acids is 2. The Labute approximate surface area is 142 Å². The zero-order valence-corrected chi connectivity index (χ0v) is 14.3. The van der Waals surface area contributed by atoms with E-state index in [2.05, 4.69) is 0 Å². The Bertz CT molecular complexity index is 684. The molecule has 0 radical (unpaired) electrons. The highest BCUT2D eigenvalue weighted by atomic mass is 16.5. The van der Waals surface area contributed by atoms with Gasteiger partial charge in [0.2, 0.25) is 0 Å². The Morgan fingerprint density at radius 1 is 1.24 bits per heavy atom. The Morgan fingerprint density at radius 3 is 2.16 bits per heavy atom. The second-order valence-electron chi connectivity index (χ2n) is 6.09. The number of esters is 1. The molecule has 0 fully saturated rings. The van der Waals surface area contributed by atoms with Crippen LogP contribution in [0.15, 0.2) is 15.7 Å². The van der Waals surface area contributed by atoms with E-state index in [9.17, 15) is 29.1 Å². The third-order valence-electron chi connectivity index (χ3n) is 2.47. The molecule has 140 valence electrons. The number of nitrogens with one attached hydrogen (secondary N) is 2. The summed E-state index contributed by atoms with van der Waals surface area (Å²) in [4.78, 5) is 55.9.